The van der Waals surface area contributed by atoms with E-state index in [4.69, 9.17) is 0 Å². The lowest BCUT2D eigenvalue weighted by Crippen LogP contribution is -2.14. The molecule has 2 aromatic carbocycles. The lowest BCUT2D eigenvalue weighted by molar-refractivity contribution is -0.112. The monoisotopic (exact) mass is 347 g/mol. The number of para-hydroxylation sites is 1. The van der Waals surface area contributed by atoms with E-state index in [9.17, 15) is 4.79 Å². The molecule has 0 saturated carbocycles. The van der Waals surface area contributed by atoms with E-state index < -0.39 is 0 Å². The summed E-state index contributed by atoms with van der Waals surface area (Å²) in [6.45, 7) is 3.58. The lowest BCUT2D eigenvalue weighted by atomic mass is 10.1. The van der Waals surface area contributed by atoms with Crippen LogP contribution in [0.2, 0.25) is 0 Å². The molecule has 0 saturated heterocycles. The molecule has 1 heterocycles. The van der Waals surface area contributed by atoms with Crippen molar-refractivity contribution in [3.8, 4) is 16.9 Å². The van der Waals surface area contributed by atoms with Crippen molar-refractivity contribution in [3.63, 3.8) is 0 Å². The van der Waals surface area contributed by atoms with Crippen LogP contribution in [0.4, 0.5) is 5.82 Å². The minimum absolute atomic E-state index is 0.275. The highest BCUT2D eigenvalue weighted by atomic mass is 32.1. The topological polar surface area (TPSA) is 46.9 Å². The van der Waals surface area contributed by atoms with E-state index in [0.717, 1.165) is 16.9 Å². The van der Waals surface area contributed by atoms with Gasteiger partial charge in [0.2, 0.25) is 0 Å². The number of benzene rings is 2. The summed E-state index contributed by atoms with van der Waals surface area (Å²) in [5.41, 5.74) is 2.60. The molecule has 1 amide bonds. The van der Waals surface area contributed by atoms with Crippen LogP contribution in [0.3, 0.4) is 0 Å². The molecule has 5 heteroatoms. The first kappa shape index (κ1) is 16.8. The van der Waals surface area contributed by atoms with Gasteiger partial charge in [0.1, 0.15) is 5.82 Å². The Morgan fingerprint density at radius 2 is 1.72 bits per heavy atom. The molecule has 3 aromatic rings. The highest BCUT2D eigenvalue weighted by Gasteiger charge is 2.14. The quantitative estimate of drug-likeness (QED) is 0.406. The Bertz CT molecular complexity index is 915. The first-order valence-corrected chi connectivity index (χ1v) is 8.17. The number of thiol groups is 1. The molecule has 0 bridgehead atoms. The summed E-state index contributed by atoms with van der Waals surface area (Å²) in [6, 6.07) is 21.3. The number of hydrogen-bond acceptors (Lipinski definition) is 3. The van der Waals surface area contributed by atoms with E-state index in [1.54, 1.807) is 10.8 Å². The number of nitrogens with zero attached hydrogens (tertiary/aromatic N) is 2. The van der Waals surface area contributed by atoms with Crippen LogP contribution >= 0.6 is 12.6 Å². The van der Waals surface area contributed by atoms with Gasteiger partial charge in [-0.1, -0.05) is 61.2 Å². The molecular formula is C20H17N3OS. The number of amides is 1. The molecule has 4 nitrogen and oxygen atoms in total. The van der Waals surface area contributed by atoms with E-state index in [1.807, 2.05) is 66.7 Å². The summed E-state index contributed by atoms with van der Waals surface area (Å²) in [5.74, 6) is 0.249. The van der Waals surface area contributed by atoms with E-state index in [2.05, 4.69) is 29.6 Å². The van der Waals surface area contributed by atoms with Gasteiger partial charge in [-0.25, -0.2) is 4.68 Å². The Morgan fingerprint density at radius 3 is 2.36 bits per heavy atom. The molecule has 1 N–H and O–H groups in total. The SMILES string of the molecule is C=C/C=C(\S)C(=O)Nc1cc(-c2ccccc2)nn1-c1ccccc1. The number of rotatable bonds is 5. The Morgan fingerprint density at radius 1 is 1.08 bits per heavy atom. The average Bonchev–Trinajstić information content (AvgIpc) is 3.07. The van der Waals surface area contributed by atoms with Crippen LogP contribution in [0.25, 0.3) is 16.9 Å². The first-order chi connectivity index (χ1) is 12.2. The molecule has 25 heavy (non-hydrogen) atoms. The smallest absolute Gasteiger partial charge is 0.262 e. The molecule has 0 aliphatic carbocycles. The van der Waals surface area contributed by atoms with Gasteiger partial charge >= 0.3 is 0 Å². The molecule has 0 atom stereocenters. The number of carbonyl (C=O) groups excluding carboxylic acids is 1. The minimum Gasteiger partial charge on any atom is -0.306 e. The molecule has 0 unspecified atom stereocenters. The standard InChI is InChI=1S/C20H17N3OS/c1-2-9-18(25)20(24)21-19-14-17(15-10-5-3-6-11-15)22-23(19)16-12-7-4-8-13-16/h2-14,25H,1H2,(H,21,24)/b18-9-. The molecular weight excluding hydrogens is 330 g/mol. The molecule has 0 fully saturated rings. The molecule has 0 radical (unpaired) electrons. The third-order valence-corrected chi connectivity index (χ3v) is 3.88. The summed E-state index contributed by atoms with van der Waals surface area (Å²) in [4.78, 5) is 12.6. The van der Waals surface area contributed by atoms with E-state index in [0.29, 0.717) is 5.82 Å². The number of allylic oxidation sites excluding steroid dienone is 2. The summed E-state index contributed by atoms with van der Waals surface area (Å²) < 4.78 is 1.70. The van der Waals surface area contributed by atoms with Crippen molar-refractivity contribution in [2.24, 2.45) is 0 Å². The zero-order valence-corrected chi connectivity index (χ0v) is 14.4. The molecule has 0 aliphatic heterocycles. The molecule has 1 aromatic heterocycles. The third-order valence-electron chi connectivity index (χ3n) is 3.53. The largest absolute Gasteiger partial charge is 0.306 e. The Hall–Kier alpha value is -3.05. The fourth-order valence-corrected chi connectivity index (χ4v) is 2.52. The van der Waals surface area contributed by atoms with E-state index >= 15 is 0 Å². The van der Waals surface area contributed by atoms with Crippen molar-refractivity contribution >= 4 is 24.4 Å². The fourth-order valence-electron chi connectivity index (χ4n) is 2.35. The minimum atomic E-state index is -0.320. The lowest BCUT2D eigenvalue weighted by Gasteiger charge is -2.08. The zero-order valence-electron chi connectivity index (χ0n) is 13.5. The van der Waals surface area contributed by atoms with Gasteiger partial charge in [0.05, 0.1) is 16.3 Å². The van der Waals surface area contributed by atoms with Gasteiger partial charge in [0, 0.05) is 11.6 Å². The average molecular weight is 347 g/mol. The van der Waals surface area contributed by atoms with Crippen LogP contribution in [0.15, 0.2) is 90.4 Å². The van der Waals surface area contributed by atoms with Crippen LogP contribution in [-0.4, -0.2) is 15.7 Å². The zero-order chi connectivity index (χ0) is 17.6. The van der Waals surface area contributed by atoms with E-state index in [1.165, 1.54) is 6.08 Å². The molecule has 0 aliphatic rings. The highest BCUT2D eigenvalue weighted by Crippen LogP contribution is 2.25. The Balaban J connectivity index is 2.03. The number of anilines is 1. The van der Waals surface area contributed by atoms with Crippen molar-refractivity contribution in [1.82, 2.24) is 9.78 Å². The second-order valence-electron chi connectivity index (χ2n) is 5.27. The summed E-state index contributed by atoms with van der Waals surface area (Å²) in [5, 5.41) is 7.50. The van der Waals surface area contributed by atoms with Crippen LogP contribution in [0.1, 0.15) is 0 Å². The maximum absolute atomic E-state index is 12.3. The summed E-state index contributed by atoms with van der Waals surface area (Å²) in [7, 11) is 0. The summed E-state index contributed by atoms with van der Waals surface area (Å²) in [6.07, 6.45) is 3.06. The van der Waals surface area contributed by atoms with Crippen LogP contribution in [-0.2, 0) is 4.79 Å². The van der Waals surface area contributed by atoms with Crippen molar-refractivity contribution < 1.29 is 4.79 Å². The van der Waals surface area contributed by atoms with Gasteiger partial charge in [-0.3, -0.25) is 4.79 Å². The predicted molar refractivity (Wildman–Crippen MR) is 105 cm³/mol. The normalized spacial score (nSPS) is 11.2. The maximum atomic E-state index is 12.3. The van der Waals surface area contributed by atoms with Gasteiger partial charge in [-0.05, 0) is 18.2 Å². The fraction of sp³-hybridized carbons (Fsp3) is 0. The molecule has 0 spiro atoms. The molecule has 3 rings (SSSR count). The van der Waals surface area contributed by atoms with Crippen LogP contribution in [0, 0.1) is 0 Å². The van der Waals surface area contributed by atoms with Gasteiger partial charge in [-0.2, -0.15) is 5.10 Å². The first-order valence-electron chi connectivity index (χ1n) is 7.73. The Kier molecular flexibility index (Phi) is 5.16. The summed E-state index contributed by atoms with van der Waals surface area (Å²) >= 11 is 4.18. The van der Waals surface area contributed by atoms with Crippen molar-refractivity contribution in [3.05, 3.63) is 90.4 Å². The van der Waals surface area contributed by atoms with Gasteiger partial charge in [0.15, 0.2) is 0 Å². The maximum Gasteiger partial charge on any atom is 0.262 e. The Labute approximate surface area is 151 Å². The van der Waals surface area contributed by atoms with Gasteiger partial charge in [0.25, 0.3) is 5.91 Å². The second-order valence-corrected chi connectivity index (χ2v) is 5.75. The van der Waals surface area contributed by atoms with Crippen molar-refractivity contribution in [1.29, 1.82) is 0 Å². The molecule has 124 valence electrons. The van der Waals surface area contributed by atoms with Gasteiger partial charge < -0.3 is 5.32 Å². The second kappa shape index (κ2) is 7.68. The number of carbonyl (C=O) groups is 1. The van der Waals surface area contributed by atoms with Crippen LogP contribution < -0.4 is 5.32 Å². The van der Waals surface area contributed by atoms with Crippen molar-refractivity contribution in [2.45, 2.75) is 0 Å². The van der Waals surface area contributed by atoms with Gasteiger partial charge in [-0.15, -0.1) is 12.6 Å². The van der Waals surface area contributed by atoms with Crippen LogP contribution in [0.5, 0.6) is 0 Å². The number of nitrogens with one attached hydrogen (secondary N) is 1. The third kappa shape index (κ3) is 3.89. The predicted octanol–water partition coefficient (Wildman–Crippen LogP) is 4.48. The highest BCUT2D eigenvalue weighted by molar-refractivity contribution is 7.85. The number of hydrogen-bond donors (Lipinski definition) is 2. The van der Waals surface area contributed by atoms with E-state index in [-0.39, 0.29) is 10.8 Å². The number of aromatic nitrogens is 2. The van der Waals surface area contributed by atoms with Crippen molar-refractivity contribution in [2.75, 3.05) is 5.32 Å².